The second-order valence-electron chi connectivity index (χ2n) is 9.65. The molecular formula is C31H19ClF11O3P. The minimum atomic E-state index is -7.38. The fourth-order valence-corrected chi connectivity index (χ4v) is 8.68. The molecule has 0 saturated heterocycles. The summed E-state index contributed by atoms with van der Waals surface area (Å²) in [6.07, 6.45) is -21.5. The molecule has 1 unspecified atom stereocenters. The van der Waals surface area contributed by atoms with Gasteiger partial charge in [-0.25, -0.2) is 0 Å². The van der Waals surface area contributed by atoms with Gasteiger partial charge in [-0.15, -0.1) is 0 Å². The smallest absolute Gasteiger partial charge is 0.462 e. The quantitative estimate of drug-likeness (QED) is 0.0944. The number of hydrogen-bond acceptors (Lipinski definition) is 3. The van der Waals surface area contributed by atoms with Crippen LogP contribution in [-0.4, -0.2) is 30.2 Å². The van der Waals surface area contributed by atoms with Gasteiger partial charge in [0.1, 0.15) is 21.7 Å². The Balaban J connectivity index is 2.21. The van der Waals surface area contributed by atoms with Crippen LogP contribution in [0, 0.1) is 0 Å². The molecule has 250 valence electrons. The predicted octanol–water partition coefficient (Wildman–Crippen LogP) is 8.28. The summed E-state index contributed by atoms with van der Waals surface area (Å²) in [7, 11) is -4.36. The highest BCUT2D eigenvalue weighted by Crippen LogP contribution is 2.65. The fraction of sp³-hybridized carbons (Fsp3) is 0.161. The van der Waals surface area contributed by atoms with Gasteiger partial charge in [0.2, 0.25) is 0 Å². The van der Waals surface area contributed by atoms with Gasteiger partial charge in [-0.1, -0.05) is 66.2 Å². The van der Waals surface area contributed by atoms with Crippen LogP contribution in [0.5, 0.6) is 5.75 Å². The highest BCUT2D eigenvalue weighted by molar-refractivity contribution is 7.98. The van der Waals surface area contributed by atoms with Crippen LogP contribution in [0.25, 0.3) is 0 Å². The topological polar surface area (TPSA) is 41.5 Å². The summed E-state index contributed by atoms with van der Waals surface area (Å²) < 4.78 is 163. The summed E-state index contributed by atoms with van der Waals surface area (Å²) in [6, 6.07) is 24.7. The Hall–Kier alpha value is -3.87. The summed E-state index contributed by atoms with van der Waals surface area (Å²) in [5, 5.41) is 14.0. The molecule has 0 N–H and O–H groups in total. The molecule has 0 aliphatic carbocycles. The minimum Gasteiger partial charge on any atom is -0.866 e. The van der Waals surface area contributed by atoms with Crippen LogP contribution >= 0.6 is 18.9 Å². The first-order valence-corrected chi connectivity index (χ1v) is 15.2. The first-order valence-electron chi connectivity index (χ1n) is 13.0. The van der Waals surface area contributed by atoms with Crippen molar-refractivity contribution in [3.05, 3.63) is 132 Å². The van der Waals surface area contributed by atoms with Gasteiger partial charge < -0.3 is 9.84 Å². The Labute approximate surface area is 265 Å². The number of hydrogen-bond donors (Lipinski definition) is 0. The molecule has 0 aromatic heterocycles. The number of benzene rings is 4. The maximum atomic E-state index is 16.2. The minimum absolute atomic E-state index is 0.0355. The van der Waals surface area contributed by atoms with Gasteiger partial charge >= 0.3 is 30.2 Å². The number of halogens is 12. The van der Waals surface area contributed by atoms with Crippen molar-refractivity contribution in [2.45, 2.75) is 30.2 Å². The lowest BCUT2D eigenvalue weighted by Gasteiger charge is -2.40. The van der Waals surface area contributed by atoms with Crippen molar-refractivity contribution in [2.24, 2.45) is 0 Å². The van der Waals surface area contributed by atoms with E-state index in [9.17, 15) is 49.0 Å². The van der Waals surface area contributed by atoms with Gasteiger partial charge in [-0.3, -0.25) is 4.74 Å². The van der Waals surface area contributed by atoms with E-state index in [-0.39, 0.29) is 20.9 Å². The van der Waals surface area contributed by atoms with Crippen LogP contribution in [0.4, 0.5) is 48.3 Å². The number of rotatable bonds is 10. The van der Waals surface area contributed by atoms with E-state index in [0.29, 0.717) is 0 Å². The maximum absolute atomic E-state index is 16.2. The van der Waals surface area contributed by atoms with Crippen molar-refractivity contribution in [1.29, 1.82) is 0 Å². The first-order chi connectivity index (χ1) is 21.8. The SMILES string of the molecule is [O-]/C(=C(/Oc1ccc(Cl)cc1)[P+](c1ccccc1)(c1ccccc1)c1ccccc1)C(F)(OC(F)(F)C(F)(F)C(F)(F)F)C(F)(F)F. The van der Waals surface area contributed by atoms with Gasteiger partial charge in [0, 0.05) is 10.8 Å². The lowest BCUT2D eigenvalue weighted by molar-refractivity contribution is -0.499. The Morgan fingerprint density at radius 3 is 1.28 bits per heavy atom. The summed E-state index contributed by atoms with van der Waals surface area (Å²) in [5.74, 6) is -17.6. The van der Waals surface area contributed by atoms with E-state index < -0.39 is 54.5 Å². The van der Waals surface area contributed by atoms with Gasteiger partial charge in [0.25, 0.3) is 5.50 Å². The molecule has 4 aromatic rings. The van der Waals surface area contributed by atoms with Gasteiger partial charge in [0.05, 0.1) is 0 Å². The number of ether oxygens (including phenoxy) is 2. The largest absolute Gasteiger partial charge is 0.866 e. The third kappa shape index (κ3) is 6.63. The summed E-state index contributed by atoms with van der Waals surface area (Å²) in [6.45, 7) is 0. The van der Waals surface area contributed by atoms with Crippen molar-refractivity contribution in [2.75, 3.05) is 0 Å². The van der Waals surface area contributed by atoms with E-state index in [2.05, 4.69) is 4.74 Å². The molecule has 0 radical (unpaired) electrons. The molecule has 4 aromatic carbocycles. The zero-order chi connectivity index (χ0) is 34.9. The van der Waals surface area contributed by atoms with Crippen molar-refractivity contribution >= 4 is 34.8 Å². The Morgan fingerprint density at radius 1 is 0.553 bits per heavy atom. The van der Waals surface area contributed by atoms with Crippen LogP contribution in [0.3, 0.4) is 0 Å². The summed E-state index contributed by atoms with van der Waals surface area (Å²) in [5.41, 5.74) is -1.59. The van der Waals surface area contributed by atoms with Gasteiger partial charge in [-0.2, -0.15) is 48.3 Å². The molecule has 0 heterocycles. The molecule has 1 atom stereocenters. The molecule has 4 rings (SSSR count). The van der Waals surface area contributed by atoms with Gasteiger partial charge in [-0.05, 0) is 60.7 Å². The molecule has 3 nitrogen and oxygen atoms in total. The van der Waals surface area contributed by atoms with Crippen LogP contribution in [0.2, 0.25) is 5.02 Å². The average molecular weight is 715 g/mol. The van der Waals surface area contributed by atoms with E-state index >= 15 is 4.39 Å². The third-order valence-corrected chi connectivity index (χ3v) is 11.0. The Kier molecular flexibility index (Phi) is 9.93. The Bertz CT molecular complexity index is 1590. The molecule has 0 saturated carbocycles. The molecule has 0 amide bonds. The van der Waals surface area contributed by atoms with E-state index in [1.54, 1.807) is 0 Å². The summed E-state index contributed by atoms with van der Waals surface area (Å²) in [4.78, 5) is 0. The molecule has 47 heavy (non-hydrogen) atoms. The lowest BCUT2D eigenvalue weighted by Crippen LogP contribution is -2.61. The second-order valence-corrected chi connectivity index (χ2v) is 13.4. The van der Waals surface area contributed by atoms with Crippen molar-refractivity contribution in [3.63, 3.8) is 0 Å². The number of alkyl halides is 11. The van der Waals surface area contributed by atoms with E-state index in [1.165, 1.54) is 91.0 Å². The zero-order valence-corrected chi connectivity index (χ0v) is 24.8. The summed E-state index contributed by atoms with van der Waals surface area (Å²) >= 11 is 5.88. The van der Waals surface area contributed by atoms with Crippen molar-refractivity contribution in [1.82, 2.24) is 0 Å². The second kappa shape index (κ2) is 13.0. The van der Waals surface area contributed by atoms with Crippen molar-refractivity contribution < 1.29 is 62.9 Å². The average Bonchev–Trinajstić information content (AvgIpc) is 3.01. The Morgan fingerprint density at radius 2 is 0.936 bits per heavy atom. The monoisotopic (exact) mass is 714 g/mol. The molecular weight excluding hydrogens is 696 g/mol. The van der Waals surface area contributed by atoms with Gasteiger partial charge in [0.15, 0.2) is 7.26 Å². The maximum Gasteiger partial charge on any atom is 0.462 e. The van der Waals surface area contributed by atoms with Crippen LogP contribution in [-0.2, 0) is 4.74 Å². The van der Waals surface area contributed by atoms with Crippen LogP contribution in [0.15, 0.2) is 127 Å². The third-order valence-electron chi connectivity index (χ3n) is 6.60. The van der Waals surface area contributed by atoms with Crippen LogP contribution < -0.4 is 25.8 Å². The molecule has 0 fully saturated rings. The first kappa shape index (κ1) is 36.0. The van der Waals surface area contributed by atoms with Crippen molar-refractivity contribution in [3.8, 4) is 5.75 Å². The molecule has 0 spiro atoms. The molecule has 0 bridgehead atoms. The molecule has 0 aliphatic heterocycles. The standard InChI is InChI=1S/C31H19ClF11O3P/c32-20-16-18-21(19-17-20)45-26(25(44)27(33,29(36,37)38)46-31(42,43)28(34,35)30(39,40)41)47(22-10-4-1-5-11-22,23-12-6-2-7-13-23)24-14-8-3-9-15-24/h1-19H/b26-25-. The van der Waals surface area contributed by atoms with E-state index in [4.69, 9.17) is 16.3 Å². The highest BCUT2D eigenvalue weighted by Gasteiger charge is 2.78. The molecule has 16 heteroatoms. The molecule has 0 aliphatic rings. The highest BCUT2D eigenvalue weighted by atomic mass is 35.5. The van der Waals surface area contributed by atoms with E-state index in [0.717, 1.165) is 24.3 Å². The van der Waals surface area contributed by atoms with Crippen LogP contribution in [0.1, 0.15) is 0 Å². The van der Waals surface area contributed by atoms with E-state index in [1.807, 2.05) is 0 Å². The zero-order valence-electron chi connectivity index (χ0n) is 23.2. The lowest BCUT2D eigenvalue weighted by atomic mass is 10.2. The fourth-order valence-electron chi connectivity index (χ4n) is 4.41. The normalized spacial score (nSPS) is 15.1. The predicted molar refractivity (Wildman–Crippen MR) is 151 cm³/mol.